The monoisotopic (exact) mass is 453 g/mol. The predicted molar refractivity (Wildman–Crippen MR) is 104 cm³/mol. The Balaban J connectivity index is 2.07. The summed E-state index contributed by atoms with van der Waals surface area (Å²) in [7, 11) is -5.08. The second-order valence-corrected chi connectivity index (χ2v) is 9.81. The Labute approximate surface area is 177 Å². The predicted octanol–water partition coefficient (Wildman–Crippen LogP) is 1.32. The number of aliphatic hydroxyl groups is 1. The fraction of sp³-hybridized carbons (Fsp3) is 0.947. The van der Waals surface area contributed by atoms with Gasteiger partial charge in [0.25, 0.3) is 0 Å². The molecule has 0 aliphatic carbocycles. The van der Waals surface area contributed by atoms with E-state index in [4.69, 9.17) is 28.0 Å². The van der Waals surface area contributed by atoms with Gasteiger partial charge < -0.3 is 38.0 Å². The molecule has 2 saturated heterocycles. The summed E-state index contributed by atoms with van der Waals surface area (Å²) in [5.41, 5.74) is -1.38. The van der Waals surface area contributed by atoms with Crippen molar-refractivity contribution in [2.24, 2.45) is 0 Å². The lowest BCUT2D eigenvalue weighted by Crippen LogP contribution is -2.49. The molecule has 7 atom stereocenters. The third-order valence-corrected chi connectivity index (χ3v) is 5.83. The molecule has 2 rings (SSSR count). The van der Waals surface area contributed by atoms with Crippen LogP contribution in [0.25, 0.3) is 0 Å². The second kappa shape index (κ2) is 10.4. The summed E-state index contributed by atoms with van der Waals surface area (Å²) < 4.78 is 44.8. The quantitative estimate of drug-likeness (QED) is 0.483. The highest BCUT2D eigenvalue weighted by atomic mass is 31.2. The van der Waals surface area contributed by atoms with E-state index in [1.54, 1.807) is 27.7 Å². The van der Waals surface area contributed by atoms with Crippen molar-refractivity contribution in [1.82, 2.24) is 0 Å². The van der Waals surface area contributed by atoms with Crippen LogP contribution in [-0.2, 0) is 37.4 Å². The van der Waals surface area contributed by atoms with E-state index in [2.05, 4.69) is 0 Å². The molecule has 0 bridgehead atoms. The Bertz CT molecular complexity index is 626. The number of carbonyl (C=O) groups excluding carboxylic acids is 1. The fourth-order valence-electron chi connectivity index (χ4n) is 3.67. The van der Waals surface area contributed by atoms with Crippen LogP contribution in [0.1, 0.15) is 54.4 Å². The molecule has 2 heterocycles. The first-order valence-corrected chi connectivity index (χ1v) is 11.8. The van der Waals surface area contributed by atoms with Gasteiger partial charge in [0.1, 0.15) is 11.7 Å². The van der Waals surface area contributed by atoms with Crippen molar-refractivity contribution in [2.75, 3.05) is 13.2 Å². The van der Waals surface area contributed by atoms with Gasteiger partial charge in [-0.3, -0.25) is 4.57 Å². The van der Waals surface area contributed by atoms with Crippen molar-refractivity contribution in [1.29, 1.82) is 0 Å². The number of carbonyl (C=O) groups is 1. The molecule has 0 aromatic carbocycles. The molecule has 0 spiro atoms. The molecule has 10 nitrogen and oxygen atoms in total. The molecule has 0 radical (unpaired) electrons. The van der Waals surface area contributed by atoms with Crippen LogP contribution in [0.4, 0.5) is 0 Å². The van der Waals surface area contributed by atoms with E-state index >= 15 is 0 Å². The summed E-state index contributed by atoms with van der Waals surface area (Å²) in [6.45, 7) is 10.1. The zero-order chi connectivity index (χ0) is 22.7. The standard InChI is InChI=1S/C19H35O10P/c1-11(2)24-10-19(9-20)16(8-14(6)27-19)28-30(22,23)29-18(21)17-15(25-12(3)4)7-13(5)26-17/h11-17,20H,7-10H2,1-6H3,(H,22,23)/p-1/t13-,14-,15?,16?,17-,19+/m0/s1. The Morgan fingerprint density at radius 1 is 1.20 bits per heavy atom. The number of aliphatic hydroxyl groups excluding tert-OH is 1. The summed E-state index contributed by atoms with van der Waals surface area (Å²) in [6, 6.07) is 0. The van der Waals surface area contributed by atoms with Crippen molar-refractivity contribution in [3.8, 4) is 0 Å². The molecule has 0 amide bonds. The first kappa shape index (κ1) is 25.7. The van der Waals surface area contributed by atoms with E-state index in [0.29, 0.717) is 6.42 Å². The summed E-state index contributed by atoms with van der Waals surface area (Å²) in [5, 5.41) is 9.90. The number of ether oxygens (including phenoxy) is 4. The Morgan fingerprint density at radius 3 is 2.43 bits per heavy atom. The van der Waals surface area contributed by atoms with Crippen molar-refractivity contribution in [3.63, 3.8) is 0 Å². The Morgan fingerprint density at radius 2 is 1.87 bits per heavy atom. The maximum atomic E-state index is 12.5. The molecular weight excluding hydrogens is 419 g/mol. The lowest BCUT2D eigenvalue weighted by atomic mass is 9.98. The van der Waals surface area contributed by atoms with E-state index in [1.807, 2.05) is 13.8 Å². The maximum absolute atomic E-state index is 12.5. The van der Waals surface area contributed by atoms with E-state index in [-0.39, 0.29) is 37.4 Å². The number of hydrogen-bond acceptors (Lipinski definition) is 10. The Hall–Kier alpha value is -0.580. The van der Waals surface area contributed by atoms with Gasteiger partial charge in [0.15, 0.2) is 6.10 Å². The summed E-state index contributed by atoms with van der Waals surface area (Å²) in [5.74, 6) is -1.09. The van der Waals surface area contributed by atoms with Crippen LogP contribution in [0.5, 0.6) is 0 Å². The third-order valence-electron chi connectivity index (χ3n) is 4.92. The van der Waals surface area contributed by atoms with Gasteiger partial charge in [0.05, 0.1) is 43.7 Å². The molecule has 0 saturated carbocycles. The van der Waals surface area contributed by atoms with Gasteiger partial charge in [0, 0.05) is 12.8 Å². The molecule has 1 N–H and O–H groups in total. The van der Waals surface area contributed by atoms with Crippen LogP contribution in [0.15, 0.2) is 0 Å². The molecule has 3 unspecified atom stereocenters. The molecule has 30 heavy (non-hydrogen) atoms. The largest absolute Gasteiger partial charge is 0.746 e. The van der Waals surface area contributed by atoms with Crippen molar-refractivity contribution in [3.05, 3.63) is 0 Å². The Kier molecular flexibility index (Phi) is 8.87. The van der Waals surface area contributed by atoms with Crippen LogP contribution in [0, 0.1) is 0 Å². The summed E-state index contributed by atoms with van der Waals surface area (Å²) >= 11 is 0. The molecule has 2 fully saturated rings. The zero-order valence-electron chi connectivity index (χ0n) is 18.4. The van der Waals surface area contributed by atoms with E-state index in [1.165, 1.54) is 0 Å². The van der Waals surface area contributed by atoms with Gasteiger partial charge in [-0.05, 0) is 41.5 Å². The smallest absolute Gasteiger partial charge is 0.343 e. The van der Waals surface area contributed by atoms with Gasteiger partial charge in [0.2, 0.25) is 0 Å². The highest BCUT2D eigenvalue weighted by Gasteiger charge is 2.51. The minimum absolute atomic E-state index is 0.0718. The van der Waals surface area contributed by atoms with Crippen LogP contribution in [0.3, 0.4) is 0 Å². The van der Waals surface area contributed by atoms with Gasteiger partial charge in [-0.25, -0.2) is 4.79 Å². The average molecular weight is 453 g/mol. The van der Waals surface area contributed by atoms with Gasteiger partial charge in [-0.15, -0.1) is 0 Å². The summed E-state index contributed by atoms with van der Waals surface area (Å²) in [4.78, 5) is 25.0. The SMILES string of the molecule is CC(C)OC[C@@]1(CO)O[C@@H](C)CC1OP(=O)([O-])OC(=O)[C@H]1O[C@@H](C)CC1OC(C)C. The lowest BCUT2D eigenvalue weighted by molar-refractivity contribution is -0.238. The van der Waals surface area contributed by atoms with Crippen molar-refractivity contribution in [2.45, 2.75) is 103 Å². The summed E-state index contributed by atoms with van der Waals surface area (Å²) in [6.07, 6.45) is -3.22. The minimum atomic E-state index is -5.08. The van der Waals surface area contributed by atoms with Crippen molar-refractivity contribution >= 4 is 13.8 Å². The second-order valence-electron chi connectivity index (χ2n) is 8.52. The van der Waals surface area contributed by atoms with Crippen LogP contribution < -0.4 is 4.89 Å². The topological polar surface area (TPSA) is 133 Å². The van der Waals surface area contributed by atoms with Crippen LogP contribution in [0.2, 0.25) is 0 Å². The van der Waals surface area contributed by atoms with E-state index in [0.717, 1.165) is 0 Å². The van der Waals surface area contributed by atoms with E-state index in [9.17, 15) is 19.4 Å². The highest BCUT2D eigenvalue weighted by Crippen LogP contribution is 2.47. The average Bonchev–Trinajstić information content (AvgIpc) is 3.11. The first-order chi connectivity index (χ1) is 13.9. The molecular formula is C19H34O10P-. The van der Waals surface area contributed by atoms with Gasteiger partial charge >= 0.3 is 13.8 Å². The normalized spacial score (nSPS) is 36.4. The maximum Gasteiger partial charge on any atom is 0.343 e. The minimum Gasteiger partial charge on any atom is -0.746 e. The molecule has 0 aromatic heterocycles. The molecule has 2 aliphatic heterocycles. The van der Waals surface area contributed by atoms with Crippen LogP contribution in [-0.4, -0.2) is 72.6 Å². The molecule has 0 aromatic rings. The fourth-order valence-corrected chi connectivity index (χ4v) is 4.62. The number of hydrogen-bond donors (Lipinski definition) is 1. The van der Waals surface area contributed by atoms with Crippen molar-refractivity contribution < 1.29 is 47.4 Å². The number of rotatable bonds is 10. The van der Waals surface area contributed by atoms with Crippen LogP contribution >= 0.6 is 7.82 Å². The number of phosphoric acid groups is 1. The van der Waals surface area contributed by atoms with E-state index < -0.39 is 44.3 Å². The zero-order valence-corrected chi connectivity index (χ0v) is 19.3. The van der Waals surface area contributed by atoms with Gasteiger partial charge in [-0.2, -0.15) is 0 Å². The number of phosphoric ester groups is 1. The molecule has 176 valence electrons. The lowest BCUT2D eigenvalue weighted by Gasteiger charge is -2.36. The molecule has 11 heteroatoms. The third kappa shape index (κ3) is 6.71. The van der Waals surface area contributed by atoms with Gasteiger partial charge in [-0.1, -0.05) is 0 Å². The first-order valence-electron chi connectivity index (χ1n) is 10.3. The highest BCUT2D eigenvalue weighted by molar-refractivity contribution is 7.46. The molecule has 2 aliphatic rings.